The van der Waals surface area contributed by atoms with Crippen molar-refractivity contribution in [1.29, 1.82) is 0 Å². The van der Waals surface area contributed by atoms with Crippen molar-refractivity contribution in [3.8, 4) is 22.8 Å². The zero-order chi connectivity index (χ0) is 19.0. The number of pyridine rings is 1. The van der Waals surface area contributed by atoms with Crippen molar-refractivity contribution in [2.45, 2.75) is 6.54 Å². The lowest BCUT2D eigenvalue weighted by molar-refractivity contribution is 0.0816. The standard InChI is InChI=1S/C20H23N3O4/c1-22-12-15-14(20(22)24)11-17(23-7-9-27-10-8-23)21-18(15)13-5-4-6-16(25-2)19(13)26-3/h4-6,11H,7-10,12H2,1-3H3. The molecule has 2 aliphatic rings. The second kappa shape index (κ2) is 7.08. The molecule has 0 saturated carbocycles. The second-order valence-corrected chi connectivity index (χ2v) is 6.66. The molecule has 4 rings (SSSR count). The zero-order valence-electron chi connectivity index (χ0n) is 15.8. The van der Waals surface area contributed by atoms with Crippen LogP contribution < -0.4 is 14.4 Å². The maximum atomic E-state index is 12.7. The van der Waals surface area contributed by atoms with E-state index in [9.17, 15) is 4.79 Å². The van der Waals surface area contributed by atoms with Gasteiger partial charge in [0.15, 0.2) is 11.5 Å². The van der Waals surface area contributed by atoms with Crippen molar-refractivity contribution in [3.63, 3.8) is 0 Å². The number of hydrogen-bond acceptors (Lipinski definition) is 6. The van der Waals surface area contributed by atoms with Gasteiger partial charge in [0.25, 0.3) is 5.91 Å². The number of morpholine rings is 1. The smallest absolute Gasteiger partial charge is 0.254 e. The molecule has 1 amide bonds. The molecule has 1 aromatic heterocycles. The Labute approximate surface area is 158 Å². The van der Waals surface area contributed by atoms with Crippen LogP contribution >= 0.6 is 0 Å². The number of methoxy groups -OCH3 is 2. The van der Waals surface area contributed by atoms with Crippen LogP contribution in [0.3, 0.4) is 0 Å². The van der Waals surface area contributed by atoms with Crippen LogP contribution in [0.15, 0.2) is 24.3 Å². The van der Waals surface area contributed by atoms with Crippen molar-refractivity contribution >= 4 is 11.7 Å². The minimum Gasteiger partial charge on any atom is -0.493 e. The summed E-state index contributed by atoms with van der Waals surface area (Å²) < 4.78 is 16.5. The Kier molecular flexibility index (Phi) is 4.61. The van der Waals surface area contributed by atoms with Gasteiger partial charge < -0.3 is 24.0 Å². The number of carbonyl (C=O) groups is 1. The molecule has 27 heavy (non-hydrogen) atoms. The predicted octanol–water partition coefficient (Wildman–Crippen LogP) is 2.19. The van der Waals surface area contributed by atoms with Crippen molar-refractivity contribution in [2.75, 3.05) is 52.5 Å². The van der Waals surface area contributed by atoms with E-state index in [0.717, 1.165) is 35.7 Å². The lowest BCUT2D eigenvalue weighted by Crippen LogP contribution is -2.37. The monoisotopic (exact) mass is 369 g/mol. The van der Waals surface area contributed by atoms with Crippen LogP contribution in [-0.2, 0) is 11.3 Å². The highest BCUT2D eigenvalue weighted by atomic mass is 16.5. The van der Waals surface area contributed by atoms with Crippen LogP contribution in [0.25, 0.3) is 11.3 Å². The fourth-order valence-electron chi connectivity index (χ4n) is 3.67. The molecule has 0 aliphatic carbocycles. The lowest BCUT2D eigenvalue weighted by atomic mass is 10.0. The van der Waals surface area contributed by atoms with Gasteiger partial charge in [-0.2, -0.15) is 0 Å². The number of benzene rings is 1. The summed E-state index contributed by atoms with van der Waals surface area (Å²) >= 11 is 0. The highest BCUT2D eigenvalue weighted by molar-refractivity contribution is 6.01. The van der Waals surface area contributed by atoms with Gasteiger partial charge in [0.05, 0.1) is 38.7 Å². The molecule has 0 spiro atoms. The van der Waals surface area contributed by atoms with Crippen molar-refractivity contribution in [2.24, 2.45) is 0 Å². The summed E-state index contributed by atoms with van der Waals surface area (Å²) in [6.07, 6.45) is 0. The Morgan fingerprint density at radius 2 is 1.89 bits per heavy atom. The van der Waals surface area contributed by atoms with Crippen LogP contribution in [0.2, 0.25) is 0 Å². The molecule has 1 aromatic carbocycles. The summed E-state index contributed by atoms with van der Waals surface area (Å²) in [5.74, 6) is 2.07. The summed E-state index contributed by atoms with van der Waals surface area (Å²) in [7, 11) is 5.04. The first kappa shape index (κ1) is 17.6. The van der Waals surface area contributed by atoms with E-state index < -0.39 is 0 Å². The summed E-state index contributed by atoms with van der Waals surface area (Å²) in [5.41, 5.74) is 3.22. The third kappa shape index (κ3) is 2.98. The number of para-hydroxylation sites is 1. The van der Waals surface area contributed by atoms with E-state index in [0.29, 0.717) is 36.8 Å². The molecule has 7 nitrogen and oxygen atoms in total. The summed E-state index contributed by atoms with van der Waals surface area (Å²) in [6, 6.07) is 7.62. The predicted molar refractivity (Wildman–Crippen MR) is 102 cm³/mol. The highest BCUT2D eigenvalue weighted by Crippen LogP contribution is 2.41. The highest BCUT2D eigenvalue weighted by Gasteiger charge is 2.31. The topological polar surface area (TPSA) is 64.1 Å². The Balaban J connectivity index is 1.91. The molecular weight excluding hydrogens is 346 g/mol. The van der Waals surface area contributed by atoms with E-state index in [1.54, 1.807) is 19.1 Å². The molecule has 142 valence electrons. The SMILES string of the molecule is COc1cccc(-c2nc(N3CCOCC3)cc3c2CN(C)C3=O)c1OC. The number of hydrogen-bond donors (Lipinski definition) is 0. The largest absolute Gasteiger partial charge is 0.493 e. The van der Waals surface area contributed by atoms with Gasteiger partial charge in [-0.3, -0.25) is 4.79 Å². The van der Waals surface area contributed by atoms with E-state index in [1.807, 2.05) is 31.3 Å². The third-order valence-corrected chi connectivity index (χ3v) is 5.08. The van der Waals surface area contributed by atoms with E-state index in [4.69, 9.17) is 19.2 Å². The van der Waals surface area contributed by atoms with E-state index in [1.165, 1.54) is 0 Å². The quantitative estimate of drug-likeness (QED) is 0.823. The number of nitrogens with zero attached hydrogens (tertiary/aromatic N) is 3. The Morgan fingerprint density at radius 3 is 2.59 bits per heavy atom. The maximum Gasteiger partial charge on any atom is 0.254 e. The van der Waals surface area contributed by atoms with Gasteiger partial charge >= 0.3 is 0 Å². The number of anilines is 1. The zero-order valence-corrected chi connectivity index (χ0v) is 15.8. The van der Waals surface area contributed by atoms with Gasteiger partial charge in [0.2, 0.25) is 0 Å². The van der Waals surface area contributed by atoms with Crippen LogP contribution in [0.5, 0.6) is 11.5 Å². The van der Waals surface area contributed by atoms with Gasteiger partial charge in [-0.1, -0.05) is 6.07 Å². The number of rotatable bonds is 4. The first-order valence-corrected chi connectivity index (χ1v) is 8.97. The molecule has 2 aromatic rings. The van der Waals surface area contributed by atoms with Gasteiger partial charge in [0, 0.05) is 37.8 Å². The molecular formula is C20H23N3O4. The number of aromatic nitrogens is 1. The molecule has 1 saturated heterocycles. The molecule has 1 fully saturated rings. The molecule has 3 heterocycles. The Hall–Kier alpha value is -2.80. The second-order valence-electron chi connectivity index (χ2n) is 6.66. The summed E-state index contributed by atoms with van der Waals surface area (Å²) in [4.78, 5) is 21.5. The van der Waals surface area contributed by atoms with Crippen molar-refractivity contribution in [1.82, 2.24) is 9.88 Å². The van der Waals surface area contributed by atoms with Crippen LogP contribution in [-0.4, -0.2) is 63.4 Å². The van der Waals surface area contributed by atoms with Crippen LogP contribution in [0, 0.1) is 0 Å². The fraction of sp³-hybridized carbons (Fsp3) is 0.400. The third-order valence-electron chi connectivity index (χ3n) is 5.08. The molecule has 0 N–H and O–H groups in total. The first-order chi connectivity index (χ1) is 13.1. The Bertz CT molecular complexity index is 878. The van der Waals surface area contributed by atoms with Gasteiger partial charge in [-0.15, -0.1) is 0 Å². The maximum absolute atomic E-state index is 12.7. The number of ether oxygens (including phenoxy) is 3. The van der Waals surface area contributed by atoms with Crippen LogP contribution in [0.1, 0.15) is 15.9 Å². The molecule has 0 radical (unpaired) electrons. The number of carbonyl (C=O) groups excluding carboxylic acids is 1. The van der Waals surface area contributed by atoms with Crippen molar-refractivity contribution in [3.05, 3.63) is 35.4 Å². The minimum absolute atomic E-state index is 0.0185. The normalized spacial score (nSPS) is 16.5. The van der Waals surface area contributed by atoms with Gasteiger partial charge in [-0.25, -0.2) is 4.98 Å². The molecule has 7 heteroatoms. The fourth-order valence-corrected chi connectivity index (χ4v) is 3.67. The lowest BCUT2D eigenvalue weighted by Gasteiger charge is -2.28. The molecule has 2 aliphatic heterocycles. The number of amides is 1. The Morgan fingerprint density at radius 1 is 1.11 bits per heavy atom. The number of fused-ring (bicyclic) bond motifs is 1. The van der Waals surface area contributed by atoms with E-state index in [-0.39, 0.29) is 5.91 Å². The van der Waals surface area contributed by atoms with Crippen molar-refractivity contribution < 1.29 is 19.0 Å². The van der Waals surface area contributed by atoms with Gasteiger partial charge in [0.1, 0.15) is 5.82 Å². The first-order valence-electron chi connectivity index (χ1n) is 8.97. The van der Waals surface area contributed by atoms with Crippen LogP contribution in [0.4, 0.5) is 5.82 Å². The van der Waals surface area contributed by atoms with E-state index >= 15 is 0 Å². The molecule has 0 unspecified atom stereocenters. The average Bonchev–Trinajstić information content (AvgIpc) is 3.01. The van der Waals surface area contributed by atoms with Gasteiger partial charge in [-0.05, 0) is 18.2 Å². The average molecular weight is 369 g/mol. The minimum atomic E-state index is 0.0185. The summed E-state index contributed by atoms with van der Waals surface area (Å²) in [5, 5.41) is 0. The van der Waals surface area contributed by atoms with E-state index in [2.05, 4.69) is 4.90 Å². The molecule has 0 atom stereocenters. The summed E-state index contributed by atoms with van der Waals surface area (Å²) in [6.45, 7) is 3.35. The molecule has 0 bridgehead atoms.